The van der Waals surface area contributed by atoms with Gasteiger partial charge in [-0.2, -0.15) is 0 Å². The highest BCUT2D eigenvalue weighted by atomic mass is 35.5. The van der Waals surface area contributed by atoms with Crippen LogP contribution in [0.4, 0.5) is 0 Å². The van der Waals surface area contributed by atoms with Crippen molar-refractivity contribution >= 4 is 35.1 Å². The third kappa shape index (κ3) is 3.75. The fourth-order valence-corrected chi connectivity index (χ4v) is 1.97. The molecule has 0 aromatic heterocycles. The van der Waals surface area contributed by atoms with Crippen LogP contribution in [0.2, 0.25) is 10.0 Å². The van der Waals surface area contributed by atoms with E-state index in [1.807, 2.05) is 0 Å². The van der Waals surface area contributed by atoms with Crippen LogP contribution < -0.4 is 15.6 Å². The summed E-state index contributed by atoms with van der Waals surface area (Å²) in [7, 11) is 1.36. The zero-order valence-corrected chi connectivity index (χ0v) is 12.4. The third-order valence-corrected chi connectivity index (χ3v) is 3.17. The van der Waals surface area contributed by atoms with E-state index in [9.17, 15) is 9.59 Å². The van der Waals surface area contributed by atoms with E-state index in [1.165, 1.54) is 19.2 Å². The summed E-state index contributed by atoms with van der Waals surface area (Å²) < 4.78 is 5.04. The molecule has 0 heterocycles. The second-order valence-corrected chi connectivity index (χ2v) is 4.65. The highest BCUT2D eigenvalue weighted by Gasteiger charge is 2.21. The van der Waals surface area contributed by atoms with E-state index in [4.69, 9.17) is 33.0 Å². The standard InChI is InChI=1S/C12H14Cl2N2O4/c1-3-8(12(18)19)15-16-11(17)9-6(13)4-5-7(14)10(9)20-2/h4-5,8,15H,3H2,1-2H3,(H,16,17)(H,18,19). The largest absolute Gasteiger partial charge is 0.494 e. The molecule has 1 aromatic carbocycles. The molecule has 3 N–H and O–H groups in total. The van der Waals surface area contributed by atoms with Crippen LogP contribution in [-0.4, -0.2) is 30.1 Å². The lowest BCUT2D eigenvalue weighted by molar-refractivity contribution is -0.139. The quantitative estimate of drug-likeness (QED) is 0.699. The van der Waals surface area contributed by atoms with E-state index < -0.39 is 17.9 Å². The molecular formula is C12H14Cl2N2O4. The summed E-state index contributed by atoms with van der Waals surface area (Å²) in [5.74, 6) is -1.58. The number of hydrazine groups is 1. The number of carbonyl (C=O) groups is 2. The van der Waals surface area contributed by atoms with Gasteiger partial charge in [0.25, 0.3) is 5.91 Å². The average molecular weight is 321 g/mol. The van der Waals surface area contributed by atoms with E-state index in [-0.39, 0.29) is 21.4 Å². The number of methoxy groups -OCH3 is 1. The predicted molar refractivity (Wildman–Crippen MR) is 75.3 cm³/mol. The van der Waals surface area contributed by atoms with Gasteiger partial charge in [-0.15, -0.1) is 0 Å². The number of ether oxygens (including phenoxy) is 1. The zero-order chi connectivity index (χ0) is 15.3. The average Bonchev–Trinajstić information content (AvgIpc) is 2.40. The molecule has 0 spiro atoms. The third-order valence-electron chi connectivity index (χ3n) is 2.56. The molecular weight excluding hydrogens is 307 g/mol. The van der Waals surface area contributed by atoms with E-state index in [0.717, 1.165) is 0 Å². The molecule has 0 saturated carbocycles. The van der Waals surface area contributed by atoms with Crippen LogP contribution in [0, 0.1) is 0 Å². The molecule has 0 fully saturated rings. The highest BCUT2D eigenvalue weighted by molar-refractivity contribution is 6.37. The Balaban J connectivity index is 2.93. The summed E-state index contributed by atoms with van der Waals surface area (Å²) in [6, 6.07) is 2.05. The smallest absolute Gasteiger partial charge is 0.322 e. The monoisotopic (exact) mass is 320 g/mol. The minimum Gasteiger partial charge on any atom is -0.494 e. The van der Waals surface area contributed by atoms with Crippen molar-refractivity contribution in [1.29, 1.82) is 0 Å². The first-order valence-electron chi connectivity index (χ1n) is 5.73. The van der Waals surface area contributed by atoms with Gasteiger partial charge in [0.1, 0.15) is 11.6 Å². The lowest BCUT2D eigenvalue weighted by Crippen LogP contribution is -2.47. The first-order chi connectivity index (χ1) is 9.42. The van der Waals surface area contributed by atoms with Gasteiger partial charge in [-0.25, -0.2) is 5.43 Å². The van der Waals surface area contributed by atoms with Crippen molar-refractivity contribution in [3.8, 4) is 5.75 Å². The first-order valence-corrected chi connectivity index (χ1v) is 6.48. The fraction of sp³-hybridized carbons (Fsp3) is 0.333. The zero-order valence-electron chi connectivity index (χ0n) is 10.9. The Morgan fingerprint density at radius 1 is 1.35 bits per heavy atom. The second-order valence-electron chi connectivity index (χ2n) is 3.83. The van der Waals surface area contributed by atoms with Crippen LogP contribution in [0.5, 0.6) is 5.75 Å². The Bertz CT molecular complexity index is 522. The van der Waals surface area contributed by atoms with E-state index in [0.29, 0.717) is 6.42 Å². The summed E-state index contributed by atoms with van der Waals surface area (Å²) in [6.07, 6.45) is 0.302. The van der Waals surface area contributed by atoms with Crippen LogP contribution in [0.3, 0.4) is 0 Å². The number of nitrogens with one attached hydrogen (secondary N) is 2. The topological polar surface area (TPSA) is 87.7 Å². The molecule has 110 valence electrons. The molecule has 1 unspecified atom stereocenters. The maximum absolute atomic E-state index is 12.1. The summed E-state index contributed by atoms with van der Waals surface area (Å²) in [4.78, 5) is 22.9. The molecule has 0 saturated heterocycles. The molecule has 0 aliphatic carbocycles. The molecule has 0 radical (unpaired) electrons. The van der Waals surface area contributed by atoms with Gasteiger partial charge in [0, 0.05) is 0 Å². The minimum atomic E-state index is -1.07. The molecule has 20 heavy (non-hydrogen) atoms. The Kier molecular flexibility index (Phi) is 6.06. The fourth-order valence-electron chi connectivity index (χ4n) is 1.50. The Morgan fingerprint density at radius 2 is 1.95 bits per heavy atom. The van der Waals surface area contributed by atoms with E-state index in [1.54, 1.807) is 6.92 Å². The van der Waals surface area contributed by atoms with Crippen molar-refractivity contribution in [2.24, 2.45) is 0 Å². The first kappa shape index (κ1) is 16.6. The number of halogens is 2. The lowest BCUT2D eigenvalue weighted by atomic mass is 10.2. The maximum Gasteiger partial charge on any atom is 0.322 e. The van der Waals surface area contributed by atoms with Crippen molar-refractivity contribution in [3.05, 3.63) is 27.7 Å². The summed E-state index contributed by atoms with van der Waals surface area (Å²) in [6.45, 7) is 1.67. The van der Waals surface area contributed by atoms with Gasteiger partial charge >= 0.3 is 5.97 Å². The molecule has 0 aliphatic heterocycles. The molecule has 1 rings (SSSR count). The summed E-state index contributed by atoms with van der Waals surface area (Å²) >= 11 is 11.9. The minimum absolute atomic E-state index is 0.0365. The number of aliphatic carboxylic acids is 1. The number of carboxylic acids is 1. The molecule has 1 aromatic rings. The van der Waals surface area contributed by atoms with Crippen LogP contribution in [0.15, 0.2) is 12.1 Å². The normalized spacial score (nSPS) is 11.8. The van der Waals surface area contributed by atoms with Crippen molar-refractivity contribution in [1.82, 2.24) is 10.9 Å². The van der Waals surface area contributed by atoms with Gasteiger partial charge in [-0.1, -0.05) is 30.1 Å². The van der Waals surface area contributed by atoms with Crippen molar-refractivity contribution in [2.75, 3.05) is 7.11 Å². The summed E-state index contributed by atoms with van der Waals surface area (Å²) in [5, 5.41) is 9.25. The van der Waals surface area contributed by atoms with E-state index in [2.05, 4.69) is 10.9 Å². The van der Waals surface area contributed by atoms with Crippen molar-refractivity contribution < 1.29 is 19.4 Å². The number of amides is 1. The Hall–Kier alpha value is -1.50. The highest BCUT2D eigenvalue weighted by Crippen LogP contribution is 2.33. The number of carboxylic acid groups (broad SMARTS) is 1. The maximum atomic E-state index is 12.1. The number of hydrogen-bond acceptors (Lipinski definition) is 4. The van der Waals surface area contributed by atoms with Gasteiger partial charge in [0.15, 0.2) is 5.75 Å². The second kappa shape index (κ2) is 7.33. The van der Waals surface area contributed by atoms with Crippen LogP contribution in [0.25, 0.3) is 0 Å². The van der Waals surface area contributed by atoms with Gasteiger partial charge < -0.3 is 9.84 Å². The van der Waals surface area contributed by atoms with Gasteiger partial charge in [-0.3, -0.25) is 15.0 Å². The Morgan fingerprint density at radius 3 is 2.45 bits per heavy atom. The van der Waals surface area contributed by atoms with Crippen molar-refractivity contribution in [3.63, 3.8) is 0 Å². The number of carbonyl (C=O) groups excluding carboxylic acids is 1. The molecule has 1 amide bonds. The van der Waals surface area contributed by atoms with Crippen LogP contribution in [0.1, 0.15) is 23.7 Å². The number of rotatable bonds is 6. The lowest BCUT2D eigenvalue weighted by Gasteiger charge is -2.15. The molecule has 6 nitrogen and oxygen atoms in total. The number of hydrogen-bond donors (Lipinski definition) is 3. The van der Waals surface area contributed by atoms with Crippen LogP contribution >= 0.6 is 23.2 Å². The molecule has 0 bridgehead atoms. The van der Waals surface area contributed by atoms with Crippen LogP contribution in [-0.2, 0) is 4.79 Å². The van der Waals surface area contributed by atoms with Crippen molar-refractivity contribution in [2.45, 2.75) is 19.4 Å². The van der Waals surface area contributed by atoms with Gasteiger partial charge in [-0.05, 0) is 18.6 Å². The predicted octanol–water partition coefficient (Wildman–Crippen LogP) is 2.10. The molecule has 0 aliphatic rings. The SMILES string of the molecule is CCC(NNC(=O)c1c(Cl)ccc(Cl)c1OC)C(=O)O. The molecule has 1 atom stereocenters. The number of benzene rings is 1. The molecule has 8 heteroatoms. The van der Waals surface area contributed by atoms with Gasteiger partial charge in [0.2, 0.25) is 0 Å². The summed E-state index contributed by atoms with van der Waals surface area (Å²) in [5.41, 5.74) is 4.73. The van der Waals surface area contributed by atoms with Gasteiger partial charge in [0.05, 0.1) is 17.2 Å². The Labute approximate surface area is 126 Å². The van der Waals surface area contributed by atoms with E-state index >= 15 is 0 Å².